The third kappa shape index (κ3) is 3.08. The molecule has 0 aromatic heterocycles. The highest BCUT2D eigenvalue weighted by Gasteiger charge is 2.27. The van der Waals surface area contributed by atoms with Crippen molar-refractivity contribution in [1.29, 1.82) is 0 Å². The van der Waals surface area contributed by atoms with Gasteiger partial charge in [0.25, 0.3) is 0 Å². The molecule has 0 saturated carbocycles. The zero-order valence-corrected chi connectivity index (χ0v) is 11.0. The van der Waals surface area contributed by atoms with Crippen LogP contribution in [0.3, 0.4) is 0 Å². The van der Waals surface area contributed by atoms with Crippen molar-refractivity contribution >= 4 is 11.6 Å². The number of carbonyl (C=O) groups excluding carboxylic acids is 1. The van der Waals surface area contributed by atoms with Gasteiger partial charge in [-0.2, -0.15) is 0 Å². The predicted octanol–water partition coefficient (Wildman–Crippen LogP) is 0.831. The van der Waals surface area contributed by atoms with Crippen LogP contribution in [0.2, 0.25) is 0 Å². The molecule has 0 spiro atoms. The Balaban J connectivity index is 2.16. The molecule has 4 nitrogen and oxygen atoms in total. The second-order valence-electron chi connectivity index (χ2n) is 4.76. The molecule has 2 rings (SSSR count). The van der Waals surface area contributed by atoms with E-state index in [-0.39, 0.29) is 11.6 Å². The number of anilines is 1. The van der Waals surface area contributed by atoms with Crippen molar-refractivity contribution in [1.82, 2.24) is 10.2 Å². The summed E-state index contributed by atoms with van der Waals surface area (Å²) in [5.41, 5.74) is -0.0416. The highest BCUT2D eigenvalue weighted by molar-refractivity contribution is 5.97. The van der Waals surface area contributed by atoms with Crippen LogP contribution in [0.5, 0.6) is 0 Å². The summed E-state index contributed by atoms with van der Waals surface area (Å²) in [6.07, 6.45) is 0. The maximum atomic E-state index is 13.6. The second kappa shape index (κ2) is 5.63. The fraction of sp³-hybridized carbons (Fsp3) is 0.462. The first-order valence-corrected chi connectivity index (χ1v) is 6.13. The number of halogens is 2. The molecule has 19 heavy (non-hydrogen) atoms. The quantitative estimate of drug-likeness (QED) is 0.864. The van der Waals surface area contributed by atoms with Crippen LogP contribution in [0.25, 0.3) is 0 Å². The average molecular weight is 269 g/mol. The number of nitrogens with zero attached hydrogens (tertiary/aromatic N) is 2. The Hall–Kier alpha value is -1.53. The molecule has 1 aromatic carbocycles. The van der Waals surface area contributed by atoms with Gasteiger partial charge in [0.15, 0.2) is 0 Å². The first-order chi connectivity index (χ1) is 8.99. The molecule has 0 bridgehead atoms. The van der Waals surface area contributed by atoms with Crippen molar-refractivity contribution < 1.29 is 13.6 Å². The molecule has 0 aliphatic carbocycles. The third-order valence-corrected chi connectivity index (χ3v) is 3.28. The molecule has 1 saturated heterocycles. The molecule has 1 heterocycles. The number of benzene rings is 1. The van der Waals surface area contributed by atoms with Gasteiger partial charge in [0, 0.05) is 32.7 Å². The number of rotatable bonds is 2. The maximum Gasteiger partial charge on any atom is 0.245 e. The van der Waals surface area contributed by atoms with Gasteiger partial charge in [0.2, 0.25) is 5.91 Å². The van der Waals surface area contributed by atoms with E-state index in [2.05, 4.69) is 5.32 Å². The lowest BCUT2D eigenvalue weighted by Crippen LogP contribution is -2.56. The van der Waals surface area contributed by atoms with Crippen molar-refractivity contribution in [2.75, 3.05) is 38.6 Å². The smallest absolute Gasteiger partial charge is 0.245 e. The topological polar surface area (TPSA) is 35.6 Å². The number of likely N-dealkylation sites (N-methyl/N-ethyl adjacent to an activating group) is 2. The van der Waals surface area contributed by atoms with Gasteiger partial charge in [-0.25, -0.2) is 8.78 Å². The summed E-state index contributed by atoms with van der Waals surface area (Å²) in [7, 11) is 3.38. The van der Waals surface area contributed by atoms with Crippen LogP contribution < -0.4 is 10.2 Å². The Labute approximate surface area is 111 Å². The molecule has 6 heteroatoms. The Morgan fingerprint density at radius 3 is 2.89 bits per heavy atom. The lowest BCUT2D eigenvalue weighted by atomic mass is 10.1. The summed E-state index contributed by atoms with van der Waals surface area (Å²) in [6.45, 7) is 2.12. The van der Waals surface area contributed by atoms with Gasteiger partial charge in [-0.3, -0.25) is 4.79 Å². The fourth-order valence-electron chi connectivity index (χ4n) is 2.16. The minimum atomic E-state index is -0.610. The highest BCUT2D eigenvalue weighted by atomic mass is 19.1. The van der Waals surface area contributed by atoms with Gasteiger partial charge >= 0.3 is 0 Å². The summed E-state index contributed by atoms with van der Waals surface area (Å²) in [5.74, 6) is -1.44. The average Bonchev–Trinajstić information content (AvgIpc) is 2.40. The fourth-order valence-corrected chi connectivity index (χ4v) is 2.16. The van der Waals surface area contributed by atoms with E-state index in [9.17, 15) is 13.6 Å². The van der Waals surface area contributed by atoms with Crippen molar-refractivity contribution in [3.8, 4) is 0 Å². The lowest BCUT2D eigenvalue weighted by molar-refractivity contribution is -0.121. The molecule has 0 radical (unpaired) electrons. The van der Waals surface area contributed by atoms with Crippen molar-refractivity contribution in [2.24, 2.45) is 0 Å². The monoisotopic (exact) mass is 269 g/mol. The van der Waals surface area contributed by atoms with Gasteiger partial charge < -0.3 is 15.1 Å². The van der Waals surface area contributed by atoms with E-state index >= 15 is 0 Å². The van der Waals surface area contributed by atoms with Gasteiger partial charge in [-0.15, -0.1) is 0 Å². The summed E-state index contributed by atoms with van der Waals surface area (Å²) in [5, 5.41) is 3.08. The molecular weight excluding hydrogens is 252 g/mol. The zero-order valence-electron chi connectivity index (χ0n) is 11.0. The van der Waals surface area contributed by atoms with Gasteiger partial charge in [-0.05, 0) is 19.2 Å². The van der Waals surface area contributed by atoms with Crippen molar-refractivity contribution in [3.05, 3.63) is 29.8 Å². The Morgan fingerprint density at radius 1 is 1.47 bits per heavy atom. The number of hydrogen-bond acceptors (Lipinski definition) is 3. The normalized spacial score (nSPS) is 20.3. The highest BCUT2D eigenvalue weighted by Crippen LogP contribution is 2.20. The molecular formula is C13H17F2N3O. The van der Waals surface area contributed by atoms with Crippen LogP contribution in [-0.2, 0) is 4.79 Å². The zero-order chi connectivity index (χ0) is 14.0. The molecule has 1 fully saturated rings. The molecule has 1 aliphatic heterocycles. The van der Waals surface area contributed by atoms with Crippen molar-refractivity contribution in [2.45, 2.75) is 6.04 Å². The summed E-state index contributed by atoms with van der Waals surface area (Å²) in [4.78, 5) is 15.4. The van der Waals surface area contributed by atoms with E-state index in [1.165, 1.54) is 7.05 Å². The van der Waals surface area contributed by atoms with E-state index in [0.717, 1.165) is 29.6 Å². The number of carbonyl (C=O) groups is 1. The molecule has 1 aliphatic rings. The standard InChI is InChI=1S/C13H17F2N3O/c1-17-6-5-16-11(8-17)13(19)18(2)12-7-9(14)3-4-10(12)15/h3-4,7,11,16H,5-6,8H2,1-2H3. The van der Waals surface area contributed by atoms with Crippen LogP contribution >= 0.6 is 0 Å². The first kappa shape index (κ1) is 13.9. The van der Waals surface area contributed by atoms with E-state index in [4.69, 9.17) is 0 Å². The van der Waals surface area contributed by atoms with Crippen LogP contribution in [0.15, 0.2) is 18.2 Å². The van der Waals surface area contributed by atoms with E-state index in [0.29, 0.717) is 13.1 Å². The molecule has 1 unspecified atom stereocenters. The lowest BCUT2D eigenvalue weighted by Gasteiger charge is -2.32. The van der Waals surface area contributed by atoms with Gasteiger partial charge in [0.05, 0.1) is 5.69 Å². The summed E-state index contributed by atoms with van der Waals surface area (Å²) >= 11 is 0. The third-order valence-electron chi connectivity index (χ3n) is 3.28. The first-order valence-electron chi connectivity index (χ1n) is 6.13. The van der Waals surface area contributed by atoms with Crippen LogP contribution in [-0.4, -0.2) is 50.6 Å². The number of amides is 1. The Morgan fingerprint density at radius 2 is 2.21 bits per heavy atom. The summed E-state index contributed by atoms with van der Waals surface area (Å²) in [6, 6.07) is 2.68. The number of piperazine rings is 1. The molecule has 1 aromatic rings. The van der Waals surface area contributed by atoms with Crippen molar-refractivity contribution in [3.63, 3.8) is 0 Å². The van der Waals surface area contributed by atoms with E-state index in [1.54, 1.807) is 0 Å². The van der Waals surface area contributed by atoms with Gasteiger partial charge in [0.1, 0.15) is 17.7 Å². The number of hydrogen-bond donors (Lipinski definition) is 1. The van der Waals surface area contributed by atoms with E-state index in [1.807, 2.05) is 11.9 Å². The SMILES string of the molecule is CN1CCNC(C(=O)N(C)c2cc(F)ccc2F)C1. The van der Waals surface area contributed by atoms with E-state index < -0.39 is 17.7 Å². The molecule has 1 atom stereocenters. The molecule has 1 amide bonds. The van der Waals surface area contributed by atoms with Crippen LogP contribution in [0.4, 0.5) is 14.5 Å². The summed E-state index contributed by atoms with van der Waals surface area (Å²) < 4.78 is 26.8. The predicted molar refractivity (Wildman–Crippen MR) is 69.1 cm³/mol. The minimum absolute atomic E-state index is 0.0416. The largest absolute Gasteiger partial charge is 0.311 e. The Kier molecular flexibility index (Phi) is 4.11. The van der Waals surface area contributed by atoms with Gasteiger partial charge in [-0.1, -0.05) is 0 Å². The molecule has 1 N–H and O–H groups in total. The minimum Gasteiger partial charge on any atom is -0.311 e. The van der Waals surface area contributed by atoms with Crippen LogP contribution in [0, 0.1) is 11.6 Å². The maximum absolute atomic E-state index is 13.6. The second-order valence-corrected chi connectivity index (χ2v) is 4.76. The molecule has 104 valence electrons. The number of nitrogens with one attached hydrogen (secondary N) is 1. The Bertz CT molecular complexity index is 481. The van der Waals surface area contributed by atoms with Crippen LogP contribution in [0.1, 0.15) is 0 Å².